The quantitative estimate of drug-likeness (QED) is 0.905. The first-order valence-corrected chi connectivity index (χ1v) is 8.76. The molecule has 1 aromatic rings. The van der Waals surface area contributed by atoms with Gasteiger partial charge in [-0.3, -0.25) is 4.90 Å². The molecule has 1 N–H and O–H groups in total. The van der Waals surface area contributed by atoms with Gasteiger partial charge in [-0.2, -0.15) is 4.31 Å². The highest BCUT2D eigenvalue weighted by Gasteiger charge is 2.35. The monoisotopic (exact) mass is 311 g/mol. The number of piperazine rings is 1. The van der Waals surface area contributed by atoms with Crippen LogP contribution in [0.2, 0.25) is 0 Å². The van der Waals surface area contributed by atoms with E-state index in [4.69, 9.17) is 0 Å². The van der Waals surface area contributed by atoms with E-state index < -0.39 is 10.0 Å². The zero-order chi connectivity index (χ0) is 15.6. The Kier molecular flexibility index (Phi) is 5.03. The summed E-state index contributed by atoms with van der Waals surface area (Å²) < 4.78 is 27.5. The lowest BCUT2D eigenvalue weighted by Crippen LogP contribution is -2.56. The summed E-state index contributed by atoms with van der Waals surface area (Å²) in [5, 5.41) is 3.03. The van der Waals surface area contributed by atoms with Crippen LogP contribution in [0.15, 0.2) is 29.2 Å². The Balaban J connectivity index is 2.34. The molecule has 0 radical (unpaired) electrons. The summed E-state index contributed by atoms with van der Waals surface area (Å²) in [4.78, 5) is 2.65. The Bertz CT molecular complexity index is 576. The first-order valence-electron chi connectivity index (χ1n) is 7.32. The number of likely N-dealkylation sites (N-methyl/N-ethyl adjacent to an activating group) is 1. The number of sulfonamides is 1. The van der Waals surface area contributed by atoms with Crippen LogP contribution in [0.3, 0.4) is 0 Å². The van der Waals surface area contributed by atoms with Gasteiger partial charge in [0.15, 0.2) is 0 Å². The Morgan fingerprint density at radius 3 is 2.33 bits per heavy atom. The maximum absolute atomic E-state index is 13.0. The number of hydrogen-bond acceptors (Lipinski definition) is 4. The minimum absolute atomic E-state index is 0.222. The lowest BCUT2D eigenvalue weighted by atomic mass is 10.1. The molecule has 6 heteroatoms. The van der Waals surface area contributed by atoms with Crippen LogP contribution < -0.4 is 5.32 Å². The average Bonchev–Trinajstić information content (AvgIpc) is 2.45. The van der Waals surface area contributed by atoms with Crippen molar-refractivity contribution in [1.29, 1.82) is 0 Å². The van der Waals surface area contributed by atoms with Crippen molar-refractivity contribution in [1.82, 2.24) is 14.5 Å². The summed E-state index contributed by atoms with van der Waals surface area (Å²) in [6.07, 6.45) is 0. The van der Waals surface area contributed by atoms with Gasteiger partial charge in [0.05, 0.1) is 4.90 Å². The summed E-state index contributed by atoms with van der Waals surface area (Å²) in [7, 11) is 0.435. The largest absolute Gasteiger partial charge is 0.316 e. The first kappa shape index (κ1) is 16.4. The van der Waals surface area contributed by atoms with Crippen LogP contribution in [0.4, 0.5) is 0 Å². The molecule has 0 amide bonds. The maximum atomic E-state index is 13.0. The molecule has 5 nitrogen and oxygen atoms in total. The number of nitrogens with one attached hydrogen (secondary N) is 1. The van der Waals surface area contributed by atoms with Crippen molar-refractivity contribution in [2.45, 2.75) is 37.4 Å². The van der Waals surface area contributed by atoms with Crippen LogP contribution >= 0.6 is 0 Å². The third kappa shape index (κ3) is 3.29. The van der Waals surface area contributed by atoms with Gasteiger partial charge in [-0.25, -0.2) is 8.42 Å². The van der Waals surface area contributed by atoms with E-state index in [2.05, 4.69) is 24.1 Å². The Hall–Kier alpha value is -0.950. The van der Waals surface area contributed by atoms with Crippen molar-refractivity contribution in [3.8, 4) is 0 Å². The van der Waals surface area contributed by atoms with E-state index in [0.717, 1.165) is 5.56 Å². The van der Waals surface area contributed by atoms with Crippen LogP contribution in [0.5, 0.6) is 0 Å². The van der Waals surface area contributed by atoms with Gasteiger partial charge in [0.25, 0.3) is 0 Å². The summed E-state index contributed by atoms with van der Waals surface area (Å²) in [5.41, 5.74) is 0.819. The number of benzene rings is 1. The summed E-state index contributed by atoms with van der Waals surface area (Å²) in [6.45, 7) is 5.76. The lowest BCUT2D eigenvalue weighted by molar-refractivity contribution is 0.105. The molecule has 2 atom stereocenters. The van der Waals surface area contributed by atoms with E-state index in [-0.39, 0.29) is 12.1 Å². The highest BCUT2D eigenvalue weighted by atomic mass is 32.2. The Morgan fingerprint density at radius 2 is 1.76 bits per heavy atom. The smallest absolute Gasteiger partial charge is 0.243 e. The molecule has 1 fully saturated rings. The molecule has 1 saturated heterocycles. The van der Waals surface area contributed by atoms with E-state index in [0.29, 0.717) is 24.5 Å². The molecule has 1 aromatic carbocycles. The first-order chi connectivity index (χ1) is 9.87. The van der Waals surface area contributed by atoms with Crippen LogP contribution in [0, 0.1) is 0 Å². The molecule has 21 heavy (non-hydrogen) atoms. The molecule has 1 aliphatic heterocycles. The topological polar surface area (TPSA) is 52.7 Å². The molecule has 1 heterocycles. The van der Waals surface area contributed by atoms with Gasteiger partial charge < -0.3 is 5.32 Å². The van der Waals surface area contributed by atoms with Crippen LogP contribution in [0.25, 0.3) is 0 Å². The Labute approximate surface area is 128 Å². The van der Waals surface area contributed by atoms with E-state index >= 15 is 0 Å². The van der Waals surface area contributed by atoms with Gasteiger partial charge in [0.2, 0.25) is 10.0 Å². The highest BCUT2D eigenvalue weighted by Crippen LogP contribution is 2.24. The van der Waals surface area contributed by atoms with Gasteiger partial charge in [-0.1, -0.05) is 18.2 Å². The molecule has 0 bridgehead atoms. The van der Waals surface area contributed by atoms with Crippen LogP contribution in [-0.4, -0.2) is 56.9 Å². The van der Waals surface area contributed by atoms with Gasteiger partial charge >= 0.3 is 0 Å². The average molecular weight is 311 g/mol. The molecule has 118 valence electrons. The number of nitrogens with zero attached hydrogens (tertiary/aromatic N) is 2. The third-order valence-electron chi connectivity index (χ3n) is 4.28. The molecule has 2 rings (SSSR count). The second-order valence-electron chi connectivity index (χ2n) is 5.82. The van der Waals surface area contributed by atoms with Crippen molar-refractivity contribution in [2.75, 3.05) is 27.2 Å². The summed E-state index contributed by atoms with van der Waals surface area (Å²) in [5.74, 6) is 0. The van der Waals surface area contributed by atoms with Crippen molar-refractivity contribution in [3.05, 3.63) is 29.8 Å². The molecule has 0 aliphatic carbocycles. The fraction of sp³-hybridized carbons (Fsp3) is 0.600. The number of rotatable bonds is 4. The van der Waals surface area contributed by atoms with Gasteiger partial charge in [0, 0.05) is 31.7 Å². The van der Waals surface area contributed by atoms with Gasteiger partial charge in [-0.05, 0) is 39.6 Å². The predicted molar refractivity (Wildman–Crippen MR) is 84.7 cm³/mol. The minimum atomic E-state index is -3.44. The standard InChI is InChI=1S/C15H25N3O2S/c1-12-10-18(11-13(2)17(12)4)21(19,20)15-8-6-5-7-14(15)9-16-3/h5-8,12-13,16H,9-11H2,1-4H3. The molecule has 0 aromatic heterocycles. The normalized spacial score (nSPS) is 25.1. The lowest BCUT2D eigenvalue weighted by Gasteiger charge is -2.41. The van der Waals surface area contributed by atoms with Crippen molar-refractivity contribution >= 4 is 10.0 Å². The molecule has 0 spiro atoms. The van der Waals surface area contributed by atoms with Crippen molar-refractivity contribution < 1.29 is 8.42 Å². The predicted octanol–water partition coefficient (Wildman–Crippen LogP) is 1.12. The number of hydrogen-bond donors (Lipinski definition) is 1. The fourth-order valence-electron chi connectivity index (χ4n) is 2.78. The minimum Gasteiger partial charge on any atom is -0.316 e. The SMILES string of the molecule is CNCc1ccccc1S(=O)(=O)N1CC(C)N(C)C(C)C1. The highest BCUT2D eigenvalue weighted by molar-refractivity contribution is 7.89. The van der Waals surface area contributed by atoms with E-state index in [1.165, 1.54) is 0 Å². The second kappa shape index (κ2) is 6.44. The summed E-state index contributed by atoms with van der Waals surface area (Å²) in [6, 6.07) is 7.68. The molecular weight excluding hydrogens is 286 g/mol. The Morgan fingerprint density at radius 1 is 1.19 bits per heavy atom. The fourth-order valence-corrected chi connectivity index (χ4v) is 4.61. The van der Waals surface area contributed by atoms with E-state index in [1.54, 1.807) is 16.4 Å². The molecule has 1 aliphatic rings. The van der Waals surface area contributed by atoms with Crippen molar-refractivity contribution in [3.63, 3.8) is 0 Å². The van der Waals surface area contributed by atoms with Crippen LogP contribution in [-0.2, 0) is 16.6 Å². The maximum Gasteiger partial charge on any atom is 0.243 e. The van der Waals surface area contributed by atoms with E-state index in [1.807, 2.05) is 26.2 Å². The van der Waals surface area contributed by atoms with Crippen LogP contribution in [0.1, 0.15) is 19.4 Å². The molecule has 0 saturated carbocycles. The van der Waals surface area contributed by atoms with E-state index in [9.17, 15) is 8.42 Å². The van der Waals surface area contributed by atoms with Gasteiger partial charge in [0.1, 0.15) is 0 Å². The zero-order valence-corrected chi connectivity index (χ0v) is 14.0. The molecular formula is C15H25N3O2S. The zero-order valence-electron chi connectivity index (χ0n) is 13.2. The third-order valence-corrected chi connectivity index (χ3v) is 6.22. The summed E-state index contributed by atoms with van der Waals surface area (Å²) >= 11 is 0. The van der Waals surface area contributed by atoms with Gasteiger partial charge in [-0.15, -0.1) is 0 Å². The second-order valence-corrected chi connectivity index (χ2v) is 7.73. The molecule has 2 unspecified atom stereocenters. The van der Waals surface area contributed by atoms with Crippen molar-refractivity contribution in [2.24, 2.45) is 0 Å².